The molecule has 0 spiro atoms. The lowest BCUT2D eigenvalue weighted by Crippen LogP contribution is -2.20. The number of nitro benzene ring substituents is 1. The van der Waals surface area contributed by atoms with Crippen LogP contribution in [0.3, 0.4) is 0 Å². The fraction of sp³-hybridized carbons (Fsp3) is 0.538. The highest BCUT2D eigenvalue weighted by molar-refractivity contribution is 6.31. The Hall–Kier alpha value is -1.13. The Bertz CT molecular complexity index is 427. The zero-order valence-corrected chi connectivity index (χ0v) is 11.8. The highest BCUT2D eigenvalue weighted by Crippen LogP contribution is 2.26. The first-order chi connectivity index (χ1) is 8.31. The van der Waals surface area contributed by atoms with Crippen molar-refractivity contribution in [1.29, 1.82) is 0 Å². The van der Waals surface area contributed by atoms with E-state index in [1.54, 1.807) is 12.1 Å². The molecule has 0 heterocycles. The number of hydrogen-bond acceptors (Lipinski definition) is 3. The Labute approximate surface area is 112 Å². The molecule has 18 heavy (non-hydrogen) atoms. The molecular weight excluding hydrogens is 252 g/mol. The minimum absolute atomic E-state index is 0.0748. The van der Waals surface area contributed by atoms with Gasteiger partial charge in [0.15, 0.2) is 0 Å². The molecule has 0 aromatic heterocycles. The predicted octanol–water partition coefficient (Wildman–Crippen LogP) is 3.77. The lowest BCUT2D eigenvalue weighted by Gasteiger charge is -2.18. The van der Waals surface area contributed by atoms with Crippen molar-refractivity contribution in [2.45, 2.75) is 33.7 Å². The molecule has 0 atom stereocenters. The Balaban J connectivity index is 2.64. The molecule has 0 aliphatic rings. The first kappa shape index (κ1) is 14.9. The van der Waals surface area contributed by atoms with Crippen molar-refractivity contribution in [3.63, 3.8) is 0 Å². The van der Waals surface area contributed by atoms with Gasteiger partial charge in [-0.05, 0) is 24.4 Å². The molecular formula is C13H19ClN2O2. The van der Waals surface area contributed by atoms with Gasteiger partial charge in [-0.1, -0.05) is 38.4 Å². The lowest BCUT2D eigenvalue weighted by atomic mass is 9.92. The summed E-state index contributed by atoms with van der Waals surface area (Å²) in [6.45, 7) is 7.71. The molecule has 1 N–H and O–H groups in total. The smallest absolute Gasteiger partial charge is 0.275 e. The van der Waals surface area contributed by atoms with Crippen LogP contribution in [0.1, 0.15) is 32.8 Å². The number of halogens is 1. The van der Waals surface area contributed by atoms with E-state index >= 15 is 0 Å². The van der Waals surface area contributed by atoms with Gasteiger partial charge in [0.25, 0.3) is 5.69 Å². The summed E-state index contributed by atoms with van der Waals surface area (Å²) in [6.07, 6.45) is 1.01. The van der Waals surface area contributed by atoms with Crippen LogP contribution in [0.5, 0.6) is 0 Å². The van der Waals surface area contributed by atoms with Crippen LogP contribution in [-0.4, -0.2) is 11.5 Å². The zero-order chi connectivity index (χ0) is 13.8. The summed E-state index contributed by atoms with van der Waals surface area (Å²) in [4.78, 5) is 10.5. The highest BCUT2D eigenvalue weighted by Gasteiger charge is 2.16. The van der Waals surface area contributed by atoms with Crippen LogP contribution in [0.15, 0.2) is 18.2 Å². The first-order valence-electron chi connectivity index (χ1n) is 5.94. The maximum Gasteiger partial charge on any atom is 0.275 e. The van der Waals surface area contributed by atoms with E-state index in [1.165, 1.54) is 6.07 Å². The Kier molecular flexibility index (Phi) is 5.11. The van der Waals surface area contributed by atoms with E-state index in [-0.39, 0.29) is 11.1 Å². The number of rotatable bonds is 5. The van der Waals surface area contributed by atoms with Crippen molar-refractivity contribution < 1.29 is 4.92 Å². The summed E-state index contributed by atoms with van der Waals surface area (Å²) in [5, 5.41) is 14.5. The van der Waals surface area contributed by atoms with Crippen molar-refractivity contribution in [3.8, 4) is 0 Å². The largest absolute Gasteiger partial charge is 0.312 e. The molecule has 5 heteroatoms. The molecule has 0 unspecified atom stereocenters. The van der Waals surface area contributed by atoms with Crippen LogP contribution in [0.2, 0.25) is 5.02 Å². The van der Waals surface area contributed by atoms with Crippen LogP contribution in [0, 0.1) is 15.5 Å². The minimum atomic E-state index is -0.396. The molecule has 0 amide bonds. The summed E-state index contributed by atoms with van der Waals surface area (Å²) >= 11 is 6.00. The second-order valence-corrected chi connectivity index (χ2v) is 5.89. The summed E-state index contributed by atoms with van der Waals surface area (Å²) in [6, 6.07) is 4.75. The summed E-state index contributed by atoms with van der Waals surface area (Å²) in [5.41, 5.74) is 0.878. The third kappa shape index (κ3) is 4.63. The van der Waals surface area contributed by atoms with Gasteiger partial charge in [-0.25, -0.2) is 0 Å². The minimum Gasteiger partial charge on any atom is -0.312 e. The highest BCUT2D eigenvalue weighted by atomic mass is 35.5. The zero-order valence-electron chi connectivity index (χ0n) is 11.0. The second kappa shape index (κ2) is 6.16. The van der Waals surface area contributed by atoms with Gasteiger partial charge < -0.3 is 5.32 Å². The van der Waals surface area contributed by atoms with Gasteiger partial charge in [-0.15, -0.1) is 0 Å². The number of nitrogens with one attached hydrogen (secondary N) is 1. The van der Waals surface area contributed by atoms with Crippen molar-refractivity contribution in [2.24, 2.45) is 5.41 Å². The summed E-state index contributed by atoms with van der Waals surface area (Å²) < 4.78 is 0. The molecule has 0 bridgehead atoms. The van der Waals surface area contributed by atoms with Gasteiger partial charge in [-0.3, -0.25) is 10.1 Å². The van der Waals surface area contributed by atoms with Crippen molar-refractivity contribution in [2.75, 3.05) is 6.54 Å². The Morgan fingerprint density at radius 3 is 2.61 bits per heavy atom. The van der Waals surface area contributed by atoms with Gasteiger partial charge >= 0.3 is 0 Å². The maximum atomic E-state index is 10.9. The summed E-state index contributed by atoms with van der Waals surface area (Å²) in [7, 11) is 0. The van der Waals surface area contributed by atoms with E-state index < -0.39 is 4.92 Å². The van der Waals surface area contributed by atoms with Crippen LogP contribution in [-0.2, 0) is 6.54 Å². The van der Waals surface area contributed by atoms with E-state index in [2.05, 4.69) is 26.1 Å². The molecule has 100 valence electrons. The van der Waals surface area contributed by atoms with Crippen LogP contribution >= 0.6 is 11.6 Å². The normalized spacial score (nSPS) is 11.6. The monoisotopic (exact) mass is 270 g/mol. The fourth-order valence-corrected chi connectivity index (χ4v) is 1.81. The molecule has 1 aromatic carbocycles. The molecule has 0 fully saturated rings. The van der Waals surface area contributed by atoms with Crippen LogP contribution < -0.4 is 5.32 Å². The fourth-order valence-electron chi connectivity index (χ4n) is 1.57. The second-order valence-electron chi connectivity index (χ2n) is 5.48. The topological polar surface area (TPSA) is 55.2 Å². The van der Waals surface area contributed by atoms with E-state index in [1.807, 2.05) is 0 Å². The molecule has 1 aromatic rings. The Morgan fingerprint density at radius 1 is 1.39 bits per heavy atom. The first-order valence-corrected chi connectivity index (χ1v) is 6.31. The molecule has 0 saturated heterocycles. The average molecular weight is 271 g/mol. The van der Waals surface area contributed by atoms with E-state index in [9.17, 15) is 10.1 Å². The molecule has 1 rings (SSSR count). The molecule has 0 aliphatic heterocycles. The number of benzene rings is 1. The van der Waals surface area contributed by atoms with E-state index in [4.69, 9.17) is 11.6 Å². The van der Waals surface area contributed by atoms with Crippen molar-refractivity contribution >= 4 is 17.3 Å². The van der Waals surface area contributed by atoms with Gasteiger partial charge in [0.2, 0.25) is 0 Å². The number of hydrogen-bond donors (Lipinski definition) is 1. The average Bonchev–Trinajstić information content (AvgIpc) is 2.24. The van der Waals surface area contributed by atoms with Crippen molar-refractivity contribution in [1.82, 2.24) is 5.32 Å². The van der Waals surface area contributed by atoms with Gasteiger partial charge in [0.1, 0.15) is 0 Å². The predicted molar refractivity (Wildman–Crippen MR) is 73.9 cm³/mol. The molecule has 4 nitrogen and oxygen atoms in total. The van der Waals surface area contributed by atoms with Crippen LogP contribution in [0.4, 0.5) is 5.69 Å². The van der Waals surface area contributed by atoms with Crippen molar-refractivity contribution in [3.05, 3.63) is 38.9 Å². The molecule has 0 aliphatic carbocycles. The summed E-state index contributed by atoms with van der Waals surface area (Å²) in [5.74, 6) is 0. The number of nitrogens with zero attached hydrogens (tertiary/aromatic N) is 1. The Morgan fingerprint density at radius 2 is 2.06 bits per heavy atom. The number of nitro groups is 1. The third-order valence-electron chi connectivity index (χ3n) is 2.64. The van der Waals surface area contributed by atoms with Gasteiger partial charge in [0.05, 0.1) is 15.5 Å². The van der Waals surface area contributed by atoms with Crippen LogP contribution in [0.25, 0.3) is 0 Å². The van der Waals surface area contributed by atoms with Gasteiger partial charge in [0, 0.05) is 12.6 Å². The quantitative estimate of drug-likeness (QED) is 0.503. The maximum absolute atomic E-state index is 10.9. The van der Waals surface area contributed by atoms with E-state index in [0.717, 1.165) is 13.0 Å². The van der Waals surface area contributed by atoms with E-state index in [0.29, 0.717) is 17.1 Å². The third-order valence-corrected chi connectivity index (χ3v) is 3.00. The standard InChI is InChI=1S/C13H19ClN2O2/c1-13(2,3)7-8-15-9-10-11(14)5-4-6-12(10)16(17)18/h4-6,15H,7-9H2,1-3H3. The lowest BCUT2D eigenvalue weighted by molar-refractivity contribution is -0.385. The molecule has 0 radical (unpaired) electrons. The SMILES string of the molecule is CC(C)(C)CCNCc1c(Cl)cccc1[N+](=O)[O-]. The van der Waals surface area contributed by atoms with Gasteiger partial charge in [-0.2, -0.15) is 0 Å². The molecule has 0 saturated carbocycles.